The number of anilines is 2. The maximum atomic E-state index is 12.3. The van der Waals surface area contributed by atoms with Crippen LogP contribution in [0.5, 0.6) is 0 Å². The number of rotatable bonds is 6. The van der Waals surface area contributed by atoms with Crippen LogP contribution in [0.1, 0.15) is 56.6 Å². The van der Waals surface area contributed by atoms with Gasteiger partial charge in [-0.3, -0.25) is 4.79 Å². The summed E-state index contributed by atoms with van der Waals surface area (Å²) in [4.78, 5) is 18.4. The van der Waals surface area contributed by atoms with Gasteiger partial charge in [0.1, 0.15) is 5.69 Å². The highest BCUT2D eigenvalue weighted by molar-refractivity contribution is 5.92. The summed E-state index contributed by atoms with van der Waals surface area (Å²) < 4.78 is 0. The normalized spacial score (nSPS) is 11.2. The molecule has 0 unspecified atom stereocenters. The standard InChI is InChI=1S/C21H29N3O/c1-6-7-14-24(5)20(25)19-13-12-16(15-22-19)23-18-11-9-8-10-17(18)21(2,3)4/h8-13,15,23H,6-7,14H2,1-5H3. The molecule has 4 nitrogen and oxygen atoms in total. The van der Waals surface area contributed by atoms with E-state index >= 15 is 0 Å². The molecule has 0 spiro atoms. The van der Waals surface area contributed by atoms with Gasteiger partial charge in [0.15, 0.2) is 0 Å². The van der Waals surface area contributed by atoms with Gasteiger partial charge in [-0.2, -0.15) is 0 Å². The Balaban J connectivity index is 2.13. The van der Waals surface area contributed by atoms with Crippen LogP contribution in [0.15, 0.2) is 42.6 Å². The molecular formula is C21H29N3O. The second-order valence-electron chi connectivity index (χ2n) is 7.43. The summed E-state index contributed by atoms with van der Waals surface area (Å²) in [7, 11) is 1.82. The minimum atomic E-state index is -0.0323. The lowest BCUT2D eigenvalue weighted by atomic mass is 9.86. The Hall–Kier alpha value is -2.36. The third-order valence-corrected chi connectivity index (χ3v) is 4.19. The molecule has 0 saturated heterocycles. The molecule has 0 saturated carbocycles. The minimum Gasteiger partial charge on any atom is -0.354 e. The van der Waals surface area contributed by atoms with Crippen molar-refractivity contribution in [3.8, 4) is 0 Å². The van der Waals surface area contributed by atoms with Crippen LogP contribution >= 0.6 is 0 Å². The number of nitrogens with one attached hydrogen (secondary N) is 1. The summed E-state index contributed by atoms with van der Waals surface area (Å²) in [6.07, 6.45) is 3.80. The van der Waals surface area contributed by atoms with Crippen LogP contribution in [-0.4, -0.2) is 29.4 Å². The van der Waals surface area contributed by atoms with Crippen molar-refractivity contribution in [3.63, 3.8) is 0 Å². The van der Waals surface area contributed by atoms with Gasteiger partial charge in [-0.1, -0.05) is 52.3 Å². The van der Waals surface area contributed by atoms with Crippen LogP contribution in [0.4, 0.5) is 11.4 Å². The Bertz CT molecular complexity index is 702. The molecule has 0 aliphatic carbocycles. The van der Waals surface area contributed by atoms with Crippen LogP contribution in [-0.2, 0) is 5.41 Å². The van der Waals surface area contributed by atoms with Gasteiger partial charge in [0.05, 0.1) is 11.9 Å². The van der Waals surface area contributed by atoms with Gasteiger partial charge in [-0.15, -0.1) is 0 Å². The maximum Gasteiger partial charge on any atom is 0.272 e. The lowest BCUT2D eigenvalue weighted by Gasteiger charge is -2.23. The Morgan fingerprint density at radius 2 is 1.88 bits per heavy atom. The molecule has 0 aliphatic heterocycles. The number of nitrogens with zero attached hydrogens (tertiary/aromatic N) is 2. The van der Waals surface area contributed by atoms with E-state index in [-0.39, 0.29) is 11.3 Å². The molecule has 134 valence electrons. The minimum absolute atomic E-state index is 0.0323. The van der Waals surface area contributed by atoms with E-state index in [0.717, 1.165) is 30.8 Å². The maximum absolute atomic E-state index is 12.3. The molecule has 1 aromatic carbocycles. The number of aromatic nitrogens is 1. The van der Waals surface area contributed by atoms with Crippen molar-refractivity contribution >= 4 is 17.3 Å². The number of carbonyl (C=O) groups is 1. The fourth-order valence-electron chi connectivity index (χ4n) is 2.69. The molecule has 2 rings (SSSR count). The Morgan fingerprint density at radius 3 is 2.48 bits per heavy atom. The topological polar surface area (TPSA) is 45.2 Å². The van der Waals surface area contributed by atoms with E-state index in [2.05, 4.69) is 56.2 Å². The number of unbranched alkanes of at least 4 members (excludes halogenated alkanes) is 1. The zero-order valence-electron chi connectivity index (χ0n) is 16.0. The van der Waals surface area contributed by atoms with Crippen LogP contribution < -0.4 is 5.32 Å². The third kappa shape index (κ3) is 5.05. The largest absolute Gasteiger partial charge is 0.354 e. The number of hydrogen-bond acceptors (Lipinski definition) is 3. The van der Waals surface area contributed by atoms with E-state index in [9.17, 15) is 4.79 Å². The highest BCUT2D eigenvalue weighted by atomic mass is 16.2. The first kappa shape index (κ1) is 19.0. The molecule has 1 amide bonds. The van der Waals surface area contributed by atoms with E-state index in [1.807, 2.05) is 19.2 Å². The summed E-state index contributed by atoms with van der Waals surface area (Å²) in [6.45, 7) is 9.46. The van der Waals surface area contributed by atoms with E-state index in [1.54, 1.807) is 17.2 Å². The fraction of sp³-hybridized carbons (Fsp3) is 0.429. The van der Waals surface area contributed by atoms with Crippen molar-refractivity contribution in [2.24, 2.45) is 0 Å². The van der Waals surface area contributed by atoms with E-state index in [1.165, 1.54) is 5.56 Å². The van der Waals surface area contributed by atoms with E-state index in [0.29, 0.717) is 5.69 Å². The number of para-hydroxylation sites is 1. The van der Waals surface area contributed by atoms with Gasteiger partial charge in [0.25, 0.3) is 5.91 Å². The van der Waals surface area contributed by atoms with Crippen molar-refractivity contribution in [2.75, 3.05) is 18.9 Å². The van der Waals surface area contributed by atoms with Crippen LogP contribution in [0.2, 0.25) is 0 Å². The molecule has 2 aromatic rings. The Labute approximate surface area is 151 Å². The van der Waals surface area contributed by atoms with Gasteiger partial charge in [0, 0.05) is 19.3 Å². The van der Waals surface area contributed by atoms with Gasteiger partial charge in [0.2, 0.25) is 0 Å². The number of hydrogen-bond donors (Lipinski definition) is 1. The molecule has 0 radical (unpaired) electrons. The Morgan fingerprint density at radius 1 is 1.16 bits per heavy atom. The van der Waals surface area contributed by atoms with Crippen LogP contribution in [0, 0.1) is 0 Å². The number of carbonyl (C=O) groups excluding carboxylic acids is 1. The van der Waals surface area contributed by atoms with Crippen molar-refractivity contribution in [2.45, 2.75) is 46.0 Å². The molecule has 0 aliphatic rings. The van der Waals surface area contributed by atoms with E-state index < -0.39 is 0 Å². The zero-order chi connectivity index (χ0) is 18.4. The summed E-state index contributed by atoms with van der Waals surface area (Å²) in [5, 5.41) is 3.42. The van der Waals surface area contributed by atoms with Crippen LogP contribution in [0.25, 0.3) is 0 Å². The summed E-state index contributed by atoms with van der Waals surface area (Å²) in [5.41, 5.74) is 3.72. The number of amides is 1. The number of benzene rings is 1. The first-order valence-electron chi connectivity index (χ1n) is 8.91. The molecule has 1 heterocycles. The predicted molar refractivity (Wildman–Crippen MR) is 105 cm³/mol. The van der Waals surface area contributed by atoms with Crippen molar-refractivity contribution < 1.29 is 4.79 Å². The first-order valence-corrected chi connectivity index (χ1v) is 8.91. The fourth-order valence-corrected chi connectivity index (χ4v) is 2.69. The summed E-state index contributed by atoms with van der Waals surface area (Å²) in [6, 6.07) is 12.0. The monoisotopic (exact) mass is 339 g/mol. The quantitative estimate of drug-likeness (QED) is 0.806. The van der Waals surface area contributed by atoms with Crippen molar-refractivity contribution in [1.82, 2.24) is 9.88 Å². The van der Waals surface area contributed by atoms with E-state index in [4.69, 9.17) is 0 Å². The average molecular weight is 339 g/mol. The molecule has 1 N–H and O–H groups in total. The predicted octanol–water partition coefficient (Wildman–Crippen LogP) is 4.99. The van der Waals surface area contributed by atoms with Crippen molar-refractivity contribution in [1.29, 1.82) is 0 Å². The van der Waals surface area contributed by atoms with Crippen LogP contribution in [0.3, 0.4) is 0 Å². The Kier molecular flexibility index (Phi) is 6.18. The molecular weight excluding hydrogens is 310 g/mol. The zero-order valence-corrected chi connectivity index (χ0v) is 16.0. The smallest absolute Gasteiger partial charge is 0.272 e. The lowest BCUT2D eigenvalue weighted by Crippen LogP contribution is -2.28. The third-order valence-electron chi connectivity index (χ3n) is 4.19. The number of pyridine rings is 1. The highest BCUT2D eigenvalue weighted by Crippen LogP contribution is 2.31. The SMILES string of the molecule is CCCCN(C)C(=O)c1ccc(Nc2ccccc2C(C)(C)C)cn1. The molecule has 1 aromatic heterocycles. The molecule has 0 fully saturated rings. The first-order chi connectivity index (χ1) is 11.8. The van der Waals surface area contributed by atoms with Gasteiger partial charge in [-0.05, 0) is 35.6 Å². The second-order valence-corrected chi connectivity index (χ2v) is 7.43. The summed E-state index contributed by atoms with van der Waals surface area (Å²) in [5.74, 6) is -0.0323. The lowest BCUT2D eigenvalue weighted by molar-refractivity contribution is 0.0787. The highest BCUT2D eigenvalue weighted by Gasteiger charge is 2.18. The second kappa shape index (κ2) is 8.15. The molecule has 0 bridgehead atoms. The molecule has 0 atom stereocenters. The molecule has 25 heavy (non-hydrogen) atoms. The molecule has 4 heteroatoms. The van der Waals surface area contributed by atoms with Gasteiger partial charge >= 0.3 is 0 Å². The van der Waals surface area contributed by atoms with Crippen molar-refractivity contribution in [3.05, 3.63) is 53.9 Å². The van der Waals surface area contributed by atoms with Gasteiger partial charge < -0.3 is 10.2 Å². The summed E-state index contributed by atoms with van der Waals surface area (Å²) >= 11 is 0. The average Bonchev–Trinajstić information content (AvgIpc) is 2.59. The van der Waals surface area contributed by atoms with Gasteiger partial charge in [-0.25, -0.2) is 4.98 Å².